The number of aromatic nitrogens is 3. The molecule has 0 radical (unpaired) electrons. The fraction of sp³-hybridized carbons (Fsp3) is 0.318. The first-order valence-electron chi connectivity index (χ1n) is 9.71. The van der Waals surface area contributed by atoms with Crippen molar-refractivity contribution in [3.05, 3.63) is 65.5 Å². The highest BCUT2D eigenvalue weighted by Gasteiger charge is 2.13. The van der Waals surface area contributed by atoms with Crippen LogP contribution in [-0.2, 0) is 22.8 Å². The predicted molar refractivity (Wildman–Crippen MR) is 124 cm³/mol. The number of anilines is 1. The van der Waals surface area contributed by atoms with Crippen molar-refractivity contribution in [3.8, 4) is 5.75 Å². The van der Waals surface area contributed by atoms with E-state index in [4.69, 9.17) is 4.74 Å². The lowest BCUT2D eigenvalue weighted by molar-refractivity contribution is -0.113. The minimum Gasteiger partial charge on any atom is -0.497 e. The van der Waals surface area contributed by atoms with Crippen molar-refractivity contribution in [2.24, 2.45) is 0 Å². The van der Waals surface area contributed by atoms with Crippen molar-refractivity contribution in [2.45, 2.75) is 37.1 Å². The van der Waals surface area contributed by atoms with Gasteiger partial charge >= 0.3 is 0 Å². The van der Waals surface area contributed by atoms with E-state index in [1.54, 1.807) is 13.2 Å². The fourth-order valence-electron chi connectivity index (χ4n) is 2.82. The third-order valence-corrected chi connectivity index (χ3v) is 6.38. The maximum absolute atomic E-state index is 12.3. The average molecular weight is 443 g/mol. The molecule has 2 aromatic carbocycles. The van der Waals surface area contributed by atoms with Crippen molar-refractivity contribution in [3.63, 3.8) is 0 Å². The number of rotatable bonds is 10. The Hall–Kier alpha value is -2.45. The normalized spacial score (nSPS) is 10.8. The SMILES string of the molecule is CCn1c(CSCc2ccc(C)cc2)nnc1SCC(=O)Nc1cccc(OC)c1. The van der Waals surface area contributed by atoms with E-state index in [0.717, 1.165) is 29.0 Å². The smallest absolute Gasteiger partial charge is 0.234 e. The first kappa shape index (κ1) is 22.2. The molecule has 0 spiro atoms. The van der Waals surface area contributed by atoms with Crippen LogP contribution >= 0.6 is 23.5 Å². The second kappa shape index (κ2) is 11.1. The van der Waals surface area contributed by atoms with Gasteiger partial charge in [-0.15, -0.1) is 22.0 Å². The van der Waals surface area contributed by atoms with Crippen LogP contribution in [0.5, 0.6) is 5.75 Å². The van der Waals surface area contributed by atoms with Gasteiger partial charge in [0.2, 0.25) is 5.91 Å². The van der Waals surface area contributed by atoms with Crippen molar-refractivity contribution in [1.29, 1.82) is 0 Å². The van der Waals surface area contributed by atoms with E-state index in [-0.39, 0.29) is 11.7 Å². The molecule has 0 atom stereocenters. The van der Waals surface area contributed by atoms with E-state index in [9.17, 15) is 4.79 Å². The molecule has 0 unspecified atom stereocenters. The molecule has 3 aromatic rings. The Balaban J connectivity index is 1.51. The van der Waals surface area contributed by atoms with Gasteiger partial charge in [0.15, 0.2) is 5.16 Å². The Labute approximate surface area is 185 Å². The molecule has 0 aliphatic heterocycles. The lowest BCUT2D eigenvalue weighted by atomic mass is 10.2. The number of aryl methyl sites for hydroxylation is 1. The summed E-state index contributed by atoms with van der Waals surface area (Å²) in [6, 6.07) is 15.9. The van der Waals surface area contributed by atoms with Crippen molar-refractivity contribution in [2.75, 3.05) is 18.2 Å². The van der Waals surface area contributed by atoms with Gasteiger partial charge in [-0.2, -0.15) is 0 Å². The van der Waals surface area contributed by atoms with Crippen LogP contribution < -0.4 is 10.1 Å². The second-order valence-corrected chi connectivity index (χ2v) is 8.62. The van der Waals surface area contributed by atoms with Crippen LogP contribution in [0.25, 0.3) is 0 Å². The molecule has 1 N–H and O–H groups in total. The molecular weight excluding hydrogens is 416 g/mol. The average Bonchev–Trinajstić information content (AvgIpc) is 3.15. The van der Waals surface area contributed by atoms with E-state index in [1.807, 2.05) is 30.0 Å². The van der Waals surface area contributed by atoms with Gasteiger partial charge in [-0.25, -0.2) is 0 Å². The molecule has 1 aromatic heterocycles. The number of amides is 1. The van der Waals surface area contributed by atoms with E-state index in [2.05, 4.69) is 58.2 Å². The number of ether oxygens (including phenoxy) is 1. The number of methoxy groups -OCH3 is 1. The standard InChI is InChI=1S/C22H26N4O2S2/c1-4-26-20(14-29-13-17-10-8-16(2)9-11-17)24-25-22(26)30-15-21(27)23-18-6-5-7-19(12-18)28-3/h5-12H,4,13-15H2,1-3H3,(H,23,27). The summed E-state index contributed by atoms with van der Waals surface area (Å²) in [6.07, 6.45) is 0. The maximum Gasteiger partial charge on any atom is 0.234 e. The van der Waals surface area contributed by atoms with Gasteiger partial charge in [0.1, 0.15) is 11.6 Å². The van der Waals surface area contributed by atoms with E-state index in [0.29, 0.717) is 11.4 Å². The molecule has 30 heavy (non-hydrogen) atoms. The first-order chi connectivity index (χ1) is 14.6. The molecule has 1 heterocycles. The fourth-order valence-corrected chi connectivity index (χ4v) is 4.57. The summed E-state index contributed by atoms with van der Waals surface area (Å²) >= 11 is 3.21. The summed E-state index contributed by atoms with van der Waals surface area (Å²) in [5.41, 5.74) is 3.29. The summed E-state index contributed by atoms with van der Waals surface area (Å²) in [4.78, 5) is 12.3. The van der Waals surface area contributed by atoms with Gasteiger partial charge in [0.05, 0.1) is 18.6 Å². The molecule has 8 heteroatoms. The van der Waals surface area contributed by atoms with Gasteiger partial charge < -0.3 is 14.6 Å². The molecule has 3 rings (SSSR count). The van der Waals surface area contributed by atoms with Gasteiger partial charge in [-0.05, 0) is 31.5 Å². The Kier molecular flexibility index (Phi) is 8.21. The van der Waals surface area contributed by atoms with Crippen molar-refractivity contribution in [1.82, 2.24) is 14.8 Å². The molecule has 0 bridgehead atoms. The number of carbonyl (C=O) groups excluding carboxylic acids is 1. The molecule has 6 nitrogen and oxygen atoms in total. The summed E-state index contributed by atoms with van der Waals surface area (Å²) < 4.78 is 7.26. The largest absolute Gasteiger partial charge is 0.497 e. The Bertz CT molecular complexity index is 974. The number of hydrogen-bond acceptors (Lipinski definition) is 6. The van der Waals surface area contributed by atoms with Gasteiger partial charge in [-0.1, -0.05) is 47.7 Å². The quantitative estimate of drug-likeness (QED) is 0.456. The molecule has 1 amide bonds. The third kappa shape index (κ3) is 6.27. The molecule has 0 fully saturated rings. The second-order valence-electron chi connectivity index (χ2n) is 6.69. The first-order valence-corrected chi connectivity index (χ1v) is 11.8. The zero-order valence-corrected chi connectivity index (χ0v) is 19.1. The van der Waals surface area contributed by atoms with Crippen LogP contribution in [0.15, 0.2) is 53.7 Å². The van der Waals surface area contributed by atoms with Crippen molar-refractivity contribution >= 4 is 35.1 Å². The molecule has 0 aliphatic carbocycles. The summed E-state index contributed by atoms with van der Waals surface area (Å²) in [7, 11) is 1.60. The molecule has 0 saturated carbocycles. The number of nitrogens with zero attached hydrogens (tertiary/aromatic N) is 3. The topological polar surface area (TPSA) is 69.0 Å². The Morgan fingerprint density at radius 2 is 1.93 bits per heavy atom. The molecular formula is C22H26N4O2S2. The zero-order chi connectivity index (χ0) is 21.3. The summed E-state index contributed by atoms with van der Waals surface area (Å²) in [6.45, 7) is 4.93. The molecule has 0 saturated heterocycles. The van der Waals surface area contributed by atoms with Crippen LogP contribution in [0.3, 0.4) is 0 Å². The maximum atomic E-state index is 12.3. The van der Waals surface area contributed by atoms with Crippen LogP contribution in [-0.4, -0.2) is 33.5 Å². The Morgan fingerprint density at radius 3 is 2.67 bits per heavy atom. The lowest BCUT2D eigenvalue weighted by Gasteiger charge is -2.08. The highest BCUT2D eigenvalue weighted by Crippen LogP contribution is 2.23. The number of benzene rings is 2. The predicted octanol–water partition coefficient (Wildman–Crippen LogP) is 4.78. The van der Waals surface area contributed by atoms with E-state index >= 15 is 0 Å². The summed E-state index contributed by atoms with van der Waals surface area (Å²) in [5.74, 6) is 3.54. The van der Waals surface area contributed by atoms with E-state index < -0.39 is 0 Å². The minimum absolute atomic E-state index is 0.0887. The highest BCUT2D eigenvalue weighted by atomic mass is 32.2. The molecule has 0 aliphatic rings. The van der Waals surface area contributed by atoms with E-state index in [1.165, 1.54) is 22.9 Å². The lowest BCUT2D eigenvalue weighted by Crippen LogP contribution is -2.14. The number of hydrogen-bond donors (Lipinski definition) is 1. The van der Waals surface area contributed by atoms with Crippen molar-refractivity contribution < 1.29 is 9.53 Å². The van der Waals surface area contributed by atoms with Crippen LogP contribution in [0.4, 0.5) is 5.69 Å². The van der Waals surface area contributed by atoms with Gasteiger partial charge in [0.25, 0.3) is 0 Å². The number of carbonyl (C=O) groups is 1. The summed E-state index contributed by atoms with van der Waals surface area (Å²) in [5, 5.41) is 12.3. The minimum atomic E-state index is -0.0887. The van der Waals surface area contributed by atoms with Gasteiger partial charge in [0, 0.05) is 24.1 Å². The molecule has 158 valence electrons. The third-order valence-electron chi connectivity index (χ3n) is 4.42. The van der Waals surface area contributed by atoms with Crippen LogP contribution in [0.1, 0.15) is 23.9 Å². The van der Waals surface area contributed by atoms with Gasteiger partial charge in [-0.3, -0.25) is 4.79 Å². The number of thioether (sulfide) groups is 2. The monoisotopic (exact) mass is 442 g/mol. The highest BCUT2D eigenvalue weighted by molar-refractivity contribution is 7.99. The Morgan fingerprint density at radius 1 is 1.13 bits per heavy atom. The zero-order valence-electron chi connectivity index (χ0n) is 17.4. The van der Waals surface area contributed by atoms with Crippen LogP contribution in [0, 0.1) is 6.92 Å². The number of nitrogens with one attached hydrogen (secondary N) is 1. The van der Waals surface area contributed by atoms with Crippen LogP contribution in [0.2, 0.25) is 0 Å².